The number of carbonyl (C=O) groups excluding carboxylic acids is 2. The molecule has 2 unspecified atom stereocenters. The Balaban J connectivity index is 3.40. The molecule has 0 fully saturated rings. The van der Waals surface area contributed by atoms with Crippen LogP contribution in [0, 0.1) is 0 Å². The van der Waals surface area contributed by atoms with Gasteiger partial charge in [0, 0.05) is 12.8 Å². The van der Waals surface area contributed by atoms with E-state index in [4.69, 9.17) is 27.9 Å². The number of ether oxygens (including phenoxy) is 1. The van der Waals surface area contributed by atoms with Crippen LogP contribution in [0.1, 0.15) is 26.7 Å². The molecule has 0 rings (SSSR count). The summed E-state index contributed by atoms with van der Waals surface area (Å²) in [6.07, 6.45) is 0.574. The maximum absolute atomic E-state index is 11.0. The van der Waals surface area contributed by atoms with Gasteiger partial charge < -0.3 is 4.74 Å². The molecule has 0 saturated heterocycles. The van der Waals surface area contributed by atoms with Gasteiger partial charge in [0.1, 0.15) is 0 Å². The zero-order valence-corrected chi connectivity index (χ0v) is 10.5. The zero-order valence-electron chi connectivity index (χ0n) is 8.96. The van der Waals surface area contributed by atoms with Gasteiger partial charge in [0.15, 0.2) is 11.6 Å². The van der Waals surface area contributed by atoms with Crippen LogP contribution >= 0.6 is 23.2 Å². The van der Waals surface area contributed by atoms with Gasteiger partial charge in [-0.05, 0) is 13.8 Å². The zero-order chi connectivity index (χ0) is 11.8. The number of carbonyl (C=O) groups is 2. The van der Waals surface area contributed by atoms with E-state index in [-0.39, 0.29) is 24.4 Å². The number of hydrogen-bond donors (Lipinski definition) is 0. The van der Waals surface area contributed by atoms with Crippen molar-refractivity contribution in [2.75, 3.05) is 13.2 Å². The molecule has 0 aliphatic carbocycles. The van der Waals surface area contributed by atoms with Crippen molar-refractivity contribution >= 4 is 34.8 Å². The van der Waals surface area contributed by atoms with Gasteiger partial charge in [-0.2, -0.15) is 0 Å². The Kier molecular flexibility index (Phi) is 8.02. The monoisotopic (exact) mass is 254 g/mol. The van der Waals surface area contributed by atoms with Crippen LogP contribution in [0.5, 0.6) is 0 Å². The predicted octanol–water partition coefficient (Wildman–Crippen LogP) is 2.18. The summed E-state index contributed by atoms with van der Waals surface area (Å²) in [7, 11) is 0. The maximum atomic E-state index is 11.0. The molecule has 0 spiro atoms. The Labute approximate surface area is 100 Å². The number of rotatable bonds is 8. The summed E-state index contributed by atoms with van der Waals surface area (Å²) in [5.41, 5.74) is 0. The number of halogens is 2. The van der Waals surface area contributed by atoms with E-state index in [1.165, 1.54) is 0 Å². The van der Waals surface area contributed by atoms with Gasteiger partial charge in [0.05, 0.1) is 24.0 Å². The molecule has 0 aromatic rings. The van der Waals surface area contributed by atoms with Crippen molar-refractivity contribution in [3.63, 3.8) is 0 Å². The summed E-state index contributed by atoms with van der Waals surface area (Å²) < 4.78 is 5.12. The van der Waals surface area contributed by atoms with Crippen molar-refractivity contribution in [2.24, 2.45) is 0 Å². The van der Waals surface area contributed by atoms with E-state index in [0.717, 1.165) is 0 Å². The highest BCUT2D eigenvalue weighted by Crippen LogP contribution is 2.01. The first-order valence-electron chi connectivity index (χ1n) is 4.86. The fraction of sp³-hybridized carbons (Fsp3) is 0.800. The van der Waals surface area contributed by atoms with Gasteiger partial charge in [-0.25, -0.2) is 0 Å². The van der Waals surface area contributed by atoms with Gasteiger partial charge in [0.25, 0.3) is 0 Å². The molecule has 3 nitrogen and oxygen atoms in total. The highest BCUT2D eigenvalue weighted by Gasteiger charge is 2.10. The average molecular weight is 255 g/mol. The van der Waals surface area contributed by atoms with Crippen molar-refractivity contribution in [2.45, 2.75) is 37.4 Å². The van der Waals surface area contributed by atoms with E-state index < -0.39 is 10.8 Å². The third kappa shape index (κ3) is 7.77. The van der Waals surface area contributed by atoms with Gasteiger partial charge in [-0.15, -0.1) is 23.2 Å². The minimum Gasteiger partial charge on any atom is -0.381 e. The number of hydrogen-bond acceptors (Lipinski definition) is 3. The number of alkyl halides is 2. The summed E-state index contributed by atoms with van der Waals surface area (Å²) in [6.45, 7) is 3.87. The first kappa shape index (κ1) is 14.9. The summed E-state index contributed by atoms with van der Waals surface area (Å²) >= 11 is 11.1. The molecule has 88 valence electrons. The van der Waals surface area contributed by atoms with Crippen molar-refractivity contribution in [1.82, 2.24) is 0 Å². The Morgan fingerprint density at radius 2 is 1.33 bits per heavy atom. The summed E-state index contributed by atoms with van der Waals surface area (Å²) in [6, 6.07) is 0. The minimum absolute atomic E-state index is 0.0475. The second-order valence-corrected chi connectivity index (χ2v) is 4.59. The van der Waals surface area contributed by atoms with Crippen LogP contribution in [0.3, 0.4) is 0 Å². The van der Waals surface area contributed by atoms with Gasteiger partial charge in [-0.3, -0.25) is 9.59 Å². The average Bonchev–Trinajstić information content (AvgIpc) is 2.16. The van der Waals surface area contributed by atoms with Crippen LogP contribution in [0.15, 0.2) is 0 Å². The van der Waals surface area contributed by atoms with Crippen LogP contribution in [-0.2, 0) is 14.3 Å². The van der Waals surface area contributed by atoms with E-state index >= 15 is 0 Å². The molecule has 15 heavy (non-hydrogen) atoms. The van der Waals surface area contributed by atoms with Crippen molar-refractivity contribution in [3.8, 4) is 0 Å². The molecule has 2 atom stereocenters. The van der Waals surface area contributed by atoms with E-state index in [0.29, 0.717) is 13.2 Å². The molecule has 0 saturated carbocycles. The predicted molar refractivity (Wildman–Crippen MR) is 60.7 cm³/mol. The van der Waals surface area contributed by atoms with Crippen molar-refractivity contribution in [1.29, 1.82) is 0 Å². The maximum Gasteiger partial charge on any atom is 0.152 e. The molecular formula is C10H16Cl2O3. The van der Waals surface area contributed by atoms with Gasteiger partial charge >= 0.3 is 0 Å². The first-order valence-corrected chi connectivity index (χ1v) is 5.73. The van der Waals surface area contributed by atoms with E-state index in [1.807, 2.05) is 0 Å². The largest absolute Gasteiger partial charge is 0.381 e. The Bertz CT molecular complexity index is 193. The van der Waals surface area contributed by atoms with E-state index in [2.05, 4.69) is 0 Å². The lowest BCUT2D eigenvalue weighted by Gasteiger charge is -2.05. The summed E-state index contributed by atoms with van der Waals surface area (Å²) in [5, 5.41) is -0.948. The molecule has 5 heteroatoms. The van der Waals surface area contributed by atoms with Crippen LogP contribution in [0.25, 0.3) is 0 Å². The van der Waals surface area contributed by atoms with Crippen LogP contribution in [0.4, 0.5) is 0 Å². The highest BCUT2D eigenvalue weighted by molar-refractivity contribution is 6.31. The minimum atomic E-state index is -0.474. The lowest BCUT2D eigenvalue weighted by Crippen LogP contribution is -2.16. The third-order valence-electron chi connectivity index (χ3n) is 1.87. The molecule has 0 aliphatic rings. The normalized spacial score (nSPS) is 14.7. The number of Topliss-reactive ketones (excluding diaryl/α,β-unsaturated/α-hetero) is 2. The fourth-order valence-electron chi connectivity index (χ4n) is 0.845. The Hall–Kier alpha value is -0.120. The van der Waals surface area contributed by atoms with E-state index in [9.17, 15) is 9.59 Å². The molecular weight excluding hydrogens is 239 g/mol. The second kappa shape index (κ2) is 8.08. The topological polar surface area (TPSA) is 43.4 Å². The lowest BCUT2D eigenvalue weighted by molar-refractivity contribution is -0.120. The molecule has 0 radical (unpaired) electrons. The fourth-order valence-corrected chi connectivity index (χ4v) is 1.06. The lowest BCUT2D eigenvalue weighted by atomic mass is 10.2. The van der Waals surface area contributed by atoms with Gasteiger partial charge in [-0.1, -0.05) is 0 Å². The van der Waals surface area contributed by atoms with Crippen LogP contribution in [0.2, 0.25) is 0 Å². The molecule has 0 aromatic heterocycles. The first-order chi connectivity index (χ1) is 6.95. The summed E-state index contributed by atoms with van der Waals surface area (Å²) in [4.78, 5) is 22.1. The quantitative estimate of drug-likeness (QED) is 0.493. The third-order valence-corrected chi connectivity index (χ3v) is 2.36. The molecule has 0 heterocycles. The van der Waals surface area contributed by atoms with Crippen LogP contribution in [-0.4, -0.2) is 35.5 Å². The van der Waals surface area contributed by atoms with Crippen molar-refractivity contribution in [3.05, 3.63) is 0 Å². The molecule has 0 aromatic carbocycles. The molecule has 0 N–H and O–H groups in total. The smallest absolute Gasteiger partial charge is 0.152 e. The van der Waals surface area contributed by atoms with Crippen LogP contribution < -0.4 is 0 Å². The second-order valence-electron chi connectivity index (χ2n) is 3.28. The Morgan fingerprint density at radius 3 is 1.60 bits per heavy atom. The highest BCUT2D eigenvalue weighted by atomic mass is 35.5. The van der Waals surface area contributed by atoms with Crippen molar-refractivity contribution < 1.29 is 14.3 Å². The Morgan fingerprint density at radius 1 is 1.00 bits per heavy atom. The molecule has 0 bridgehead atoms. The van der Waals surface area contributed by atoms with E-state index in [1.54, 1.807) is 13.8 Å². The number of ketones is 2. The SMILES string of the molecule is CC(Cl)C(=O)CCOCCC(=O)C(C)Cl. The summed E-state index contributed by atoms with van der Waals surface area (Å²) in [5.74, 6) is -0.0950. The standard InChI is InChI=1S/C10H16Cl2O3/c1-7(11)9(13)3-5-15-6-4-10(14)8(2)12/h7-8H,3-6H2,1-2H3. The molecule has 0 aliphatic heterocycles. The molecule has 0 amide bonds. The van der Waals surface area contributed by atoms with Gasteiger partial charge in [0.2, 0.25) is 0 Å².